The van der Waals surface area contributed by atoms with Crippen molar-refractivity contribution >= 4 is 10.8 Å². The lowest BCUT2D eigenvalue weighted by Crippen LogP contribution is -2.28. The first-order chi connectivity index (χ1) is 74.3. The van der Waals surface area contributed by atoms with Crippen molar-refractivity contribution in [3.05, 3.63) is 621 Å². The molecule has 22 aromatic carbocycles. The number of fused-ring (bicyclic) bond motifs is 7. The molecule has 0 unspecified atom stereocenters. The molecule has 2 aliphatic rings. The molecule has 704 valence electrons. The Morgan fingerprint density at radius 1 is 0.113 bits per heavy atom. The summed E-state index contributed by atoms with van der Waals surface area (Å²) in [5, 5.41) is 2.31. The van der Waals surface area contributed by atoms with Crippen LogP contribution in [0.2, 0.25) is 0 Å². The minimum Gasteiger partial charge on any atom is -0.208 e. The Morgan fingerprint density at radius 2 is 0.313 bits per heavy atom. The van der Waals surface area contributed by atoms with Crippen molar-refractivity contribution < 1.29 is 0 Å². The number of aromatic nitrogens is 9. The van der Waals surface area contributed by atoms with Crippen LogP contribution in [0.5, 0.6) is 0 Å². The van der Waals surface area contributed by atoms with Gasteiger partial charge in [0.05, 0.1) is 10.8 Å². The van der Waals surface area contributed by atoms with Crippen LogP contribution < -0.4 is 0 Å². The lowest BCUT2D eigenvalue weighted by atomic mass is 9.67. The van der Waals surface area contributed by atoms with E-state index < -0.39 is 10.8 Å². The molecule has 0 spiro atoms. The number of benzene rings is 22. The van der Waals surface area contributed by atoms with Crippen LogP contribution in [0.4, 0.5) is 0 Å². The molecule has 27 rings (SSSR count). The van der Waals surface area contributed by atoms with Crippen molar-refractivity contribution in [3.8, 4) is 192 Å². The van der Waals surface area contributed by atoms with Gasteiger partial charge in [-0.1, -0.05) is 540 Å². The Kier molecular flexibility index (Phi) is 24.8. The third-order valence-electron chi connectivity index (χ3n) is 28.8. The van der Waals surface area contributed by atoms with E-state index in [0.29, 0.717) is 52.4 Å². The fraction of sp³-hybridized carbons (Fsp3) is 0.0142. The van der Waals surface area contributed by atoms with Crippen molar-refractivity contribution in [2.45, 2.75) is 10.8 Å². The van der Waals surface area contributed by atoms with E-state index in [2.05, 4.69) is 479 Å². The molecule has 0 saturated carbocycles. The van der Waals surface area contributed by atoms with Gasteiger partial charge < -0.3 is 0 Å². The summed E-state index contributed by atoms with van der Waals surface area (Å²) in [6.07, 6.45) is 0. The summed E-state index contributed by atoms with van der Waals surface area (Å²) in [5.74, 6) is 5.79. The third-order valence-corrected chi connectivity index (χ3v) is 28.8. The van der Waals surface area contributed by atoms with Crippen molar-refractivity contribution in [3.63, 3.8) is 0 Å². The molecule has 0 aliphatic heterocycles. The van der Waals surface area contributed by atoms with E-state index in [1.807, 2.05) is 97.1 Å². The van der Waals surface area contributed by atoms with Gasteiger partial charge in [0.25, 0.3) is 0 Å². The first kappa shape index (κ1) is 91.3. The van der Waals surface area contributed by atoms with E-state index in [1.54, 1.807) is 0 Å². The lowest BCUT2D eigenvalue weighted by Gasteiger charge is -2.34. The van der Waals surface area contributed by atoms with E-state index in [0.717, 1.165) is 94.2 Å². The van der Waals surface area contributed by atoms with E-state index in [9.17, 15) is 0 Å². The molecule has 0 N–H and O–H groups in total. The second kappa shape index (κ2) is 40.7. The van der Waals surface area contributed by atoms with Crippen LogP contribution in [0, 0.1) is 0 Å². The van der Waals surface area contributed by atoms with E-state index in [-0.39, 0.29) is 0 Å². The van der Waals surface area contributed by atoms with Crippen molar-refractivity contribution in [1.82, 2.24) is 44.9 Å². The average Bonchev–Trinajstić information content (AvgIpc) is 1.54. The zero-order valence-corrected chi connectivity index (χ0v) is 81.9. The molecule has 3 heterocycles. The van der Waals surface area contributed by atoms with Crippen LogP contribution in [0.3, 0.4) is 0 Å². The Balaban J connectivity index is 0.000000117. The van der Waals surface area contributed by atoms with E-state index in [4.69, 9.17) is 44.9 Å². The summed E-state index contributed by atoms with van der Waals surface area (Å²) in [6, 6.07) is 203. The molecular weight excluding hydrogens is 1820 g/mol. The maximum Gasteiger partial charge on any atom is 0.164 e. The van der Waals surface area contributed by atoms with Gasteiger partial charge in [-0.2, -0.15) is 0 Å². The first-order valence-electron chi connectivity index (χ1n) is 50.8. The van der Waals surface area contributed by atoms with Crippen LogP contribution in [0.15, 0.2) is 576 Å². The molecule has 0 radical (unpaired) electrons. The maximum atomic E-state index is 5.20. The second-order valence-electron chi connectivity index (χ2n) is 37.7. The molecule has 9 heteroatoms. The van der Waals surface area contributed by atoms with Gasteiger partial charge >= 0.3 is 0 Å². The highest BCUT2D eigenvalue weighted by Crippen LogP contribution is 2.60. The van der Waals surface area contributed by atoms with Crippen LogP contribution in [0.1, 0.15) is 44.5 Å². The molecule has 0 amide bonds. The molecule has 25 aromatic rings. The van der Waals surface area contributed by atoms with Gasteiger partial charge in [-0.15, -0.1) is 0 Å². The minimum atomic E-state index is -0.511. The molecule has 2 aliphatic carbocycles. The first-order valence-corrected chi connectivity index (χ1v) is 50.8. The zero-order chi connectivity index (χ0) is 99.9. The number of nitrogens with zero attached hydrogens (tertiary/aromatic N) is 9. The smallest absolute Gasteiger partial charge is 0.164 e. The highest BCUT2D eigenvalue weighted by molar-refractivity contribution is 6.05. The summed E-state index contributed by atoms with van der Waals surface area (Å²) in [5.41, 5.74) is 36.4. The Labute approximate surface area is 872 Å². The van der Waals surface area contributed by atoms with Crippen LogP contribution in [0.25, 0.3) is 202 Å². The summed E-state index contributed by atoms with van der Waals surface area (Å²) < 4.78 is 0. The molecule has 0 saturated heterocycles. The van der Waals surface area contributed by atoms with Gasteiger partial charge in [0.2, 0.25) is 0 Å². The summed E-state index contributed by atoms with van der Waals surface area (Å²) in [4.78, 5) is 45.5. The van der Waals surface area contributed by atoms with Crippen molar-refractivity contribution in [2.75, 3.05) is 0 Å². The Bertz CT molecular complexity index is 8950. The van der Waals surface area contributed by atoms with Crippen molar-refractivity contribution in [2.24, 2.45) is 0 Å². The summed E-state index contributed by atoms with van der Waals surface area (Å²) in [6.45, 7) is 0. The predicted molar refractivity (Wildman–Crippen MR) is 613 cm³/mol. The molecular formula is C141H95N9. The van der Waals surface area contributed by atoms with Gasteiger partial charge in [0.1, 0.15) is 0 Å². The molecule has 150 heavy (non-hydrogen) atoms. The SMILES string of the molecule is c1ccc(-c2ccc(-c3nc(-c4ccccc4)nc(-c4ccc(-c5cc(-c6ccccc6)cc(-c6ccccc6)c5)cc4)n3)cc2)cc1.c1ccc(-c2ccc(-c3nc(-c4ccccc4)nc(-c4ccc5c(c4)C(c4ccccc4)(c4ccccc4)c4ccccc4-5)n3)cc2)cc1.c1ccc(-c2nc(-c3ccccc3)nc(-c3ccc4ccccc4c3-c3ccc4c(c3)C(c3ccccc3)(c3ccccc3)c3ccccc3-4)n2)cc1. The number of hydrogen-bond donors (Lipinski definition) is 0. The number of hydrogen-bond acceptors (Lipinski definition) is 9. The summed E-state index contributed by atoms with van der Waals surface area (Å²) in [7, 11) is 0. The third kappa shape index (κ3) is 17.7. The van der Waals surface area contributed by atoms with Crippen LogP contribution in [-0.4, -0.2) is 44.9 Å². The van der Waals surface area contributed by atoms with Crippen LogP contribution >= 0.6 is 0 Å². The zero-order valence-electron chi connectivity index (χ0n) is 81.9. The highest BCUT2D eigenvalue weighted by atomic mass is 15.1. The van der Waals surface area contributed by atoms with Gasteiger partial charge in [-0.25, -0.2) is 44.9 Å². The fourth-order valence-corrected chi connectivity index (χ4v) is 21.7. The fourth-order valence-electron chi connectivity index (χ4n) is 21.7. The topological polar surface area (TPSA) is 116 Å². The highest BCUT2D eigenvalue weighted by Gasteiger charge is 2.48. The maximum absolute atomic E-state index is 5.20. The quantitative estimate of drug-likeness (QED) is 0.0780. The van der Waals surface area contributed by atoms with Gasteiger partial charge in [0.15, 0.2) is 52.4 Å². The van der Waals surface area contributed by atoms with Gasteiger partial charge in [-0.05, 0) is 175 Å². The van der Waals surface area contributed by atoms with Crippen LogP contribution in [-0.2, 0) is 10.8 Å². The molecule has 9 nitrogen and oxygen atoms in total. The molecule has 0 fully saturated rings. The van der Waals surface area contributed by atoms with E-state index in [1.165, 1.54) is 100 Å². The van der Waals surface area contributed by atoms with Gasteiger partial charge in [-0.3, -0.25) is 0 Å². The summed E-state index contributed by atoms with van der Waals surface area (Å²) >= 11 is 0. The molecule has 0 atom stereocenters. The predicted octanol–water partition coefficient (Wildman–Crippen LogP) is 34.5. The monoisotopic (exact) mass is 1910 g/mol. The Hall–Kier alpha value is -19.9. The molecule has 0 bridgehead atoms. The average molecular weight is 1920 g/mol. The minimum absolute atomic E-state index is 0.504. The number of rotatable bonds is 19. The van der Waals surface area contributed by atoms with Gasteiger partial charge in [0, 0.05) is 55.6 Å². The largest absolute Gasteiger partial charge is 0.208 e. The normalized spacial score (nSPS) is 12.1. The van der Waals surface area contributed by atoms with Crippen molar-refractivity contribution in [1.29, 1.82) is 0 Å². The van der Waals surface area contributed by atoms with E-state index >= 15 is 0 Å². The lowest BCUT2D eigenvalue weighted by molar-refractivity contribution is 0.768. The molecule has 3 aromatic heterocycles. The Morgan fingerprint density at radius 3 is 0.633 bits per heavy atom. The standard InChI is InChI=1S/C50H33N3.C46H31N3.C45H31N3/c1-5-18-35(19-6-1)47-51-48(36-20-7-2-8-21-36)53-49(52-47)43-32-29-34-17-13-14-26-40(34)46(43)37-30-31-42-41-27-15-16-28-44(41)50(45(42)33-37,38-22-9-3-10-23-38)39-24-11-4-12-25-39;1-5-15-32(16-6-1)33-25-27-35(28-26-33)44-47-43(34-17-7-2-8-18-34)48-45(49-44)36-29-30-40-39-23-13-14-24-41(39)46(42(40)31-36,37-19-9-3-10-20-37)38-21-11-4-12-22-38;1-5-13-32(14-6-1)35-21-25-38(26-22-35)44-46-43(37-19-11-4-12-20-37)47-45(48-44)39-27-23-36(24-28-39)42-30-40(33-15-7-2-8-16-33)29-41(31-42)34-17-9-3-10-18-34/h1-33H;1-31H;1-31H. The second-order valence-corrected chi connectivity index (χ2v) is 37.7.